The molecule has 0 N–H and O–H groups in total. The van der Waals surface area contributed by atoms with E-state index in [4.69, 9.17) is 18.6 Å². The first-order valence-electron chi connectivity index (χ1n) is 13.9. The van der Waals surface area contributed by atoms with Crippen LogP contribution >= 0.6 is 11.3 Å². The van der Waals surface area contributed by atoms with Gasteiger partial charge in [-0.25, -0.2) is 9.79 Å². The number of aromatic nitrogens is 1. The van der Waals surface area contributed by atoms with E-state index in [0.717, 1.165) is 16.9 Å². The van der Waals surface area contributed by atoms with Crippen LogP contribution in [0.4, 0.5) is 5.69 Å². The van der Waals surface area contributed by atoms with Crippen LogP contribution < -0.4 is 24.4 Å². The Kier molecular flexibility index (Phi) is 8.54. The van der Waals surface area contributed by atoms with Crippen LogP contribution in [-0.4, -0.2) is 35.3 Å². The maximum absolute atomic E-state index is 14.0. The molecule has 4 aromatic rings. The minimum absolute atomic E-state index is 0.0509. The Bertz CT molecular complexity index is 1980. The van der Waals surface area contributed by atoms with Crippen LogP contribution in [-0.2, 0) is 9.53 Å². The number of furan rings is 1. The molecule has 44 heavy (non-hydrogen) atoms. The quantitative estimate of drug-likeness (QED) is 0.144. The molecule has 0 fully saturated rings. The number of carbonyl (C=O) groups excluding carboxylic acids is 1. The molecule has 0 unspecified atom stereocenters. The number of carbonyl (C=O) groups is 1. The van der Waals surface area contributed by atoms with E-state index >= 15 is 0 Å². The molecule has 0 saturated heterocycles. The predicted octanol–water partition coefficient (Wildman–Crippen LogP) is 5.07. The second-order valence-corrected chi connectivity index (χ2v) is 11.3. The van der Waals surface area contributed by atoms with Crippen molar-refractivity contribution in [1.29, 1.82) is 0 Å². The Balaban J connectivity index is 1.64. The van der Waals surface area contributed by atoms with Crippen molar-refractivity contribution in [1.82, 2.24) is 4.57 Å². The van der Waals surface area contributed by atoms with E-state index in [2.05, 4.69) is 4.99 Å². The van der Waals surface area contributed by atoms with Crippen molar-refractivity contribution in [2.45, 2.75) is 46.8 Å². The molecule has 1 atom stereocenters. The number of methoxy groups -OCH3 is 1. The van der Waals surface area contributed by atoms with Gasteiger partial charge in [0.1, 0.15) is 11.5 Å². The summed E-state index contributed by atoms with van der Waals surface area (Å²) < 4.78 is 24.7. The van der Waals surface area contributed by atoms with E-state index in [9.17, 15) is 19.7 Å². The summed E-state index contributed by atoms with van der Waals surface area (Å²) in [5, 5.41) is 11.3. The molecule has 3 heterocycles. The van der Waals surface area contributed by atoms with E-state index in [-0.39, 0.29) is 29.5 Å². The second kappa shape index (κ2) is 12.3. The zero-order valence-corrected chi connectivity index (χ0v) is 25.9. The number of ether oxygens (including phenoxy) is 3. The smallest absolute Gasteiger partial charge is 0.338 e. The van der Waals surface area contributed by atoms with Crippen LogP contribution in [0.1, 0.15) is 50.6 Å². The lowest BCUT2D eigenvalue weighted by atomic mass is 9.95. The zero-order valence-electron chi connectivity index (χ0n) is 25.1. The maximum atomic E-state index is 14.0. The number of nitro benzene ring substituents is 1. The predicted molar refractivity (Wildman–Crippen MR) is 165 cm³/mol. The van der Waals surface area contributed by atoms with Gasteiger partial charge in [0.15, 0.2) is 16.3 Å². The summed E-state index contributed by atoms with van der Waals surface area (Å²) in [6, 6.07) is 12.4. The third-order valence-corrected chi connectivity index (χ3v) is 7.96. The zero-order chi connectivity index (χ0) is 31.7. The normalized spacial score (nSPS) is 14.8. The highest BCUT2D eigenvalue weighted by atomic mass is 32.1. The van der Waals surface area contributed by atoms with Crippen molar-refractivity contribution in [2.75, 3.05) is 13.7 Å². The van der Waals surface area contributed by atoms with Crippen molar-refractivity contribution in [3.05, 3.63) is 106 Å². The molecular weight excluding hydrogens is 586 g/mol. The van der Waals surface area contributed by atoms with Gasteiger partial charge in [-0.1, -0.05) is 23.5 Å². The topological polar surface area (TPSA) is 135 Å². The third kappa shape index (κ3) is 5.80. The largest absolute Gasteiger partial charge is 0.493 e. The molecule has 1 aliphatic rings. The van der Waals surface area contributed by atoms with Gasteiger partial charge in [-0.3, -0.25) is 19.5 Å². The Morgan fingerprint density at radius 3 is 2.61 bits per heavy atom. The Labute approximate surface area is 256 Å². The summed E-state index contributed by atoms with van der Waals surface area (Å²) in [6.07, 6.45) is 1.51. The molecule has 2 aromatic heterocycles. The Morgan fingerprint density at radius 1 is 1.16 bits per heavy atom. The fourth-order valence-electron chi connectivity index (χ4n) is 5.01. The molecule has 2 aromatic carbocycles. The van der Waals surface area contributed by atoms with Crippen molar-refractivity contribution in [3.8, 4) is 22.8 Å². The maximum Gasteiger partial charge on any atom is 0.338 e. The molecule has 12 heteroatoms. The number of esters is 1. The van der Waals surface area contributed by atoms with Gasteiger partial charge in [-0.15, -0.1) is 0 Å². The van der Waals surface area contributed by atoms with Crippen molar-refractivity contribution in [3.63, 3.8) is 0 Å². The fraction of sp³-hybridized carbons (Fsp3) is 0.281. The van der Waals surface area contributed by atoms with E-state index < -0.39 is 16.9 Å². The van der Waals surface area contributed by atoms with Gasteiger partial charge in [0.2, 0.25) is 0 Å². The molecule has 0 amide bonds. The number of allylic oxidation sites excluding steroid dienone is 1. The lowest BCUT2D eigenvalue weighted by molar-refractivity contribution is -0.384. The molecule has 11 nitrogen and oxygen atoms in total. The van der Waals surface area contributed by atoms with Crippen LogP contribution in [0.25, 0.3) is 17.4 Å². The summed E-state index contributed by atoms with van der Waals surface area (Å²) in [5.41, 5.74) is 2.25. The first-order valence-corrected chi connectivity index (χ1v) is 14.7. The summed E-state index contributed by atoms with van der Waals surface area (Å²) in [6.45, 7) is 9.23. The average molecular weight is 618 g/mol. The first-order chi connectivity index (χ1) is 21.0. The van der Waals surface area contributed by atoms with Crippen LogP contribution in [0.5, 0.6) is 11.5 Å². The number of rotatable bonds is 9. The number of hydrogen-bond donors (Lipinski definition) is 0. The molecular formula is C32H31N3O8S. The van der Waals surface area contributed by atoms with Crippen molar-refractivity contribution < 1.29 is 28.3 Å². The number of nitrogens with zero attached hydrogens (tertiary/aromatic N) is 3. The number of nitro groups is 1. The SMILES string of the molecule is CCOC(=O)C1=C(C)N=c2s/c(=C\c3ccc(-c4cc([N+](=O)[O-])ccc4C)o3)c(=O)n2[C@@H]1c1ccc(OC(C)C)c(OC)c1. The van der Waals surface area contributed by atoms with Crippen LogP contribution in [0.3, 0.4) is 0 Å². The average Bonchev–Trinajstić information content (AvgIpc) is 3.56. The molecule has 0 radical (unpaired) electrons. The molecule has 5 rings (SSSR count). The number of fused-ring (bicyclic) bond motifs is 1. The monoisotopic (exact) mass is 617 g/mol. The molecule has 0 spiro atoms. The number of non-ortho nitro benzene ring substituents is 1. The number of hydrogen-bond acceptors (Lipinski definition) is 10. The van der Waals surface area contributed by atoms with Crippen molar-refractivity contribution in [2.24, 2.45) is 4.99 Å². The van der Waals surface area contributed by atoms with Gasteiger partial charge in [-0.2, -0.15) is 0 Å². The van der Waals surface area contributed by atoms with Crippen LogP contribution in [0, 0.1) is 17.0 Å². The molecule has 228 valence electrons. The Hall–Kier alpha value is -4.97. The highest BCUT2D eigenvalue weighted by Crippen LogP contribution is 2.36. The molecule has 0 bridgehead atoms. The Morgan fingerprint density at radius 2 is 1.93 bits per heavy atom. The third-order valence-electron chi connectivity index (χ3n) is 6.98. The highest BCUT2D eigenvalue weighted by molar-refractivity contribution is 7.07. The fourth-order valence-corrected chi connectivity index (χ4v) is 6.03. The second-order valence-electron chi connectivity index (χ2n) is 10.3. The van der Waals surface area contributed by atoms with E-state index in [1.807, 2.05) is 20.8 Å². The summed E-state index contributed by atoms with van der Waals surface area (Å²) >= 11 is 1.16. The number of aryl methyl sites for hydroxylation is 1. The van der Waals surface area contributed by atoms with Gasteiger partial charge < -0.3 is 18.6 Å². The van der Waals surface area contributed by atoms with E-state index in [1.165, 1.54) is 23.8 Å². The van der Waals surface area contributed by atoms with Gasteiger partial charge >= 0.3 is 5.97 Å². The van der Waals surface area contributed by atoms with Gasteiger partial charge in [-0.05, 0) is 70.0 Å². The van der Waals surface area contributed by atoms with Crippen LogP contribution in [0.2, 0.25) is 0 Å². The summed E-state index contributed by atoms with van der Waals surface area (Å²) in [7, 11) is 1.53. The summed E-state index contributed by atoms with van der Waals surface area (Å²) in [4.78, 5) is 43.1. The molecule has 1 aliphatic heterocycles. The van der Waals surface area contributed by atoms with Gasteiger partial charge in [0.25, 0.3) is 11.2 Å². The number of benzene rings is 2. The number of thiazole rings is 1. The van der Waals surface area contributed by atoms with Crippen LogP contribution in [0.15, 0.2) is 74.0 Å². The minimum Gasteiger partial charge on any atom is -0.493 e. The van der Waals surface area contributed by atoms with E-state index in [1.54, 1.807) is 56.3 Å². The van der Waals surface area contributed by atoms with Crippen molar-refractivity contribution >= 4 is 29.1 Å². The summed E-state index contributed by atoms with van der Waals surface area (Å²) in [5.74, 6) is 1.23. The highest BCUT2D eigenvalue weighted by Gasteiger charge is 2.34. The first kappa shape index (κ1) is 30.5. The minimum atomic E-state index is -0.839. The standard InChI is InChI=1S/C32H31N3O8S/c1-7-41-31(37)28-19(5)33-32-34(29(28)20-9-12-25(42-17(2)3)26(14-20)40-6)30(36)27(44-32)16-22-11-13-24(43-22)23-15-21(35(38)39)10-8-18(23)4/h8-17,29H,7H2,1-6H3/b27-16-/t29-/m1/s1. The van der Waals surface area contributed by atoms with Gasteiger partial charge in [0, 0.05) is 23.8 Å². The van der Waals surface area contributed by atoms with E-state index in [0.29, 0.717) is 49.2 Å². The lowest BCUT2D eigenvalue weighted by Crippen LogP contribution is -2.40. The lowest BCUT2D eigenvalue weighted by Gasteiger charge is -2.25. The molecule has 0 saturated carbocycles. The molecule has 0 aliphatic carbocycles. The van der Waals surface area contributed by atoms with Gasteiger partial charge in [0.05, 0.1) is 46.6 Å².